The molecule has 2 unspecified atom stereocenters. The topological polar surface area (TPSA) is 49.4 Å². The zero-order valence-corrected chi connectivity index (χ0v) is 19.1. The molecule has 0 N–H and O–H groups in total. The fourth-order valence-electron chi connectivity index (χ4n) is 3.80. The highest BCUT2D eigenvalue weighted by atomic mass is 31.2. The van der Waals surface area contributed by atoms with Gasteiger partial charge >= 0.3 is 8.60 Å². The number of hydrogen-bond donors (Lipinski definition) is 0. The largest absolute Gasteiger partial charge is 0.493 e. The van der Waals surface area contributed by atoms with Gasteiger partial charge in [-0.05, 0) is 50.6 Å². The summed E-state index contributed by atoms with van der Waals surface area (Å²) in [5.74, 6) is 3.42. The van der Waals surface area contributed by atoms with Crippen molar-refractivity contribution in [2.24, 2.45) is 11.3 Å². The van der Waals surface area contributed by atoms with Crippen molar-refractivity contribution in [3.8, 4) is 11.5 Å². The van der Waals surface area contributed by atoms with Crippen LogP contribution < -0.4 is 9.47 Å². The van der Waals surface area contributed by atoms with E-state index in [2.05, 4.69) is 31.9 Å². The van der Waals surface area contributed by atoms with Gasteiger partial charge in [0.1, 0.15) is 5.76 Å². The number of nitrogens with zero attached hydrogens (tertiary/aromatic N) is 1. The van der Waals surface area contributed by atoms with Gasteiger partial charge in [0.2, 0.25) is 0 Å². The molecule has 3 aliphatic rings. The minimum absolute atomic E-state index is 0.111. The lowest BCUT2D eigenvalue weighted by molar-refractivity contribution is 0.0333. The van der Waals surface area contributed by atoms with E-state index in [-0.39, 0.29) is 5.41 Å². The Hall–Kier alpha value is -1.33. The van der Waals surface area contributed by atoms with Crippen LogP contribution >= 0.6 is 8.60 Å². The molecule has 0 amide bonds. The van der Waals surface area contributed by atoms with E-state index in [4.69, 9.17) is 23.0 Å². The Balaban J connectivity index is 0.000000204. The Morgan fingerprint density at radius 2 is 1.69 bits per heavy atom. The molecule has 0 radical (unpaired) electrons. The molecular weight excluding hydrogens is 389 g/mol. The standard InChI is InChI=1S/C14H24NO3P.C8H10O2/c1-14(2)9-16-19(17-10-14)18-12-5-4-11-6-7-15(3)13(11)8-12;1-9-7-5-3-4-6-8(7)10-2/h5,11,13H,4,6-10H2,1-3H3;3-6H,1-2H3. The Kier molecular flexibility index (Phi) is 7.80. The minimum Gasteiger partial charge on any atom is -0.493 e. The second-order valence-corrected chi connectivity index (χ2v) is 9.73. The van der Waals surface area contributed by atoms with Gasteiger partial charge in [0.05, 0.1) is 27.4 Å². The van der Waals surface area contributed by atoms with Gasteiger partial charge in [-0.25, -0.2) is 0 Å². The highest BCUT2D eigenvalue weighted by molar-refractivity contribution is 7.41. The smallest absolute Gasteiger partial charge is 0.396 e. The van der Waals surface area contributed by atoms with Crippen molar-refractivity contribution < 1.29 is 23.0 Å². The molecule has 6 nitrogen and oxygen atoms in total. The molecule has 2 saturated heterocycles. The Bertz CT molecular complexity index is 663. The number of rotatable bonds is 4. The third-order valence-electron chi connectivity index (χ3n) is 5.62. The van der Waals surface area contributed by atoms with Crippen LogP contribution in [-0.2, 0) is 13.6 Å². The lowest BCUT2D eigenvalue weighted by atomic mass is 9.89. The van der Waals surface area contributed by atoms with Gasteiger partial charge in [0, 0.05) is 17.9 Å². The highest BCUT2D eigenvalue weighted by Crippen LogP contribution is 2.50. The molecular formula is C22H34NO5P. The van der Waals surface area contributed by atoms with E-state index in [1.165, 1.54) is 13.0 Å². The monoisotopic (exact) mass is 423 g/mol. The summed E-state index contributed by atoms with van der Waals surface area (Å²) in [5.41, 5.74) is 0.111. The molecule has 4 rings (SSSR count). The van der Waals surface area contributed by atoms with Crippen LogP contribution in [0.3, 0.4) is 0 Å². The van der Waals surface area contributed by atoms with E-state index in [0.29, 0.717) is 6.04 Å². The summed E-state index contributed by atoms with van der Waals surface area (Å²) in [7, 11) is 4.29. The van der Waals surface area contributed by atoms with Gasteiger partial charge in [-0.15, -0.1) is 0 Å². The lowest BCUT2D eigenvalue weighted by Gasteiger charge is -2.34. The molecule has 0 spiro atoms. The first-order valence-corrected chi connectivity index (χ1v) is 11.3. The molecule has 2 aliphatic heterocycles. The number of para-hydroxylation sites is 2. The van der Waals surface area contributed by atoms with Crippen LogP contribution in [0.25, 0.3) is 0 Å². The number of benzene rings is 1. The molecule has 7 heteroatoms. The number of allylic oxidation sites excluding steroid dienone is 1. The normalized spacial score (nSPS) is 26.6. The van der Waals surface area contributed by atoms with Crippen LogP contribution in [-0.4, -0.2) is 52.0 Å². The van der Waals surface area contributed by atoms with Crippen LogP contribution in [0, 0.1) is 11.3 Å². The average Bonchev–Trinajstić information content (AvgIpc) is 3.10. The molecule has 2 atom stereocenters. The van der Waals surface area contributed by atoms with Gasteiger partial charge in [-0.3, -0.25) is 0 Å². The first kappa shape index (κ1) is 22.4. The summed E-state index contributed by atoms with van der Waals surface area (Å²) in [4.78, 5) is 2.46. The predicted molar refractivity (Wildman–Crippen MR) is 115 cm³/mol. The minimum atomic E-state index is -1.17. The van der Waals surface area contributed by atoms with E-state index in [9.17, 15) is 0 Å². The number of fused-ring (bicyclic) bond motifs is 1. The fourth-order valence-corrected chi connectivity index (χ4v) is 5.23. The Morgan fingerprint density at radius 1 is 1.07 bits per heavy atom. The van der Waals surface area contributed by atoms with E-state index >= 15 is 0 Å². The summed E-state index contributed by atoms with van der Waals surface area (Å²) >= 11 is 0. The Labute approximate surface area is 176 Å². The summed E-state index contributed by atoms with van der Waals surface area (Å²) < 4.78 is 27.4. The van der Waals surface area contributed by atoms with Gasteiger partial charge in [-0.2, -0.15) is 0 Å². The summed E-state index contributed by atoms with van der Waals surface area (Å²) in [5, 5.41) is 0. The number of likely N-dealkylation sites (tertiary alicyclic amines) is 1. The molecule has 0 bridgehead atoms. The maximum absolute atomic E-state index is 5.94. The predicted octanol–water partition coefficient (Wildman–Crippen LogP) is 5.00. The zero-order valence-electron chi connectivity index (χ0n) is 18.2. The quantitative estimate of drug-likeness (QED) is 0.635. The summed E-state index contributed by atoms with van der Waals surface area (Å²) in [6, 6.07) is 8.18. The van der Waals surface area contributed by atoms with Crippen LogP contribution in [0.4, 0.5) is 0 Å². The molecule has 1 aromatic rings. The van der Waals surface area contributed by atoms with Crippen LogP contribution in [0.5, 0.6) is 11.5 Å². The SMILES string of the molecule is CN1CCC2CC=C(OP3OCC(C)(C)CO3)CC21.COc1ccccc1OC. The molecule has 1 aromatic carbocycles. The molecule has 0 aromatic heterocycles. The van der Waals surface area contributed by atoms with Crippen molar-refractivity contribution in [1.82, 2.24) is 4.90 Å². The van der Waals surface area contributed by atoms with Crippen molar-refractivity contribution in [2.45, 2.75) is 39.2 Å². The number of hydrogen-bond acceptors (Lipinski definition) is 6. The van der Waals surface area contributed by atoms with Crippen LogP contribution in [0.15, 0.2) is 36.1 Å². The van der Waals surface area contributed by atoms with Crippen LogP contribution in [0.2, 0.25) is 0 Å². The lowest BCUT2D eigenvalue weighted by Crippen LogP contribution is -2.32. The number of ether oxygens (including phenoxy) is 2. The van der Waals surface area contributed by atoms with Crippen molar-refractivity contribution in [3.63, 3.8) is 0 Å². The summed E-state index contributed by atoms with van der Waals surface area (Å²) in [6.45, 7) is 6.96. The molecule has 2 heterocycles. The summed E-state index contributed by atoms with van der Waals surface area (Å²) in [6.07, 6.45) is 5.71. The first-order chi connectivity index (χ1) is 13.9. The van der Waals surface area contributed by atoms with Crippen LogP contribution in [0.1, 0.15) is 33.1 Å². The third kappa shape index (κ3) is 6.08. The maximum atomic E-state index is 5.94. The van der Waals surface area contributed by atoms with Crippen molar-refractivity contribution in [3.05, 3.63) is 36.1 Å². The van der Waals surface area contributed by atoms with Gasteiger partial charge < -0.3 is 27.9 Å². The van der Waals surface area contributed by atoms with E-state index < -0.39 is 8.60 Å². The fraction of sp³-hybridized carbons (Fsp3) is 0.636. The van der Waals surface area contributed by atoms with Gasteiger partial charge in [0.15, 0.2) is 11.5 Å². The highest BCUT2D eigenvalue weighted by Gasteiger charge is 2.37. The van der Waals surface area contributed by atoms with Crippen molar-refractivity contribution in [2.75, 3.05) is 41.0 Å². The van der Waals surface area contributed by atoms with E-state index in [1.807, 2.05) is 24.3 Å². The second kappa shape index (κ2) is 10.1. The van der Waals surface area contributed by atoms with Crippen molar-refractivity contribution >= 4 is 8.60 Å². The molecule has 0 saturated carbocycles. The zero-order chi connectivity index (χ0) is 20.9. The van der Waals surface area contributed by atoms with Gasteiger partial charge in [0.25, 0.3) is 0 Å². The second-order valence-electron chi connectivity index (χ2n) is 8.59. The third-order valence-corrected chi connectivity index (χ3v) is 6.69. The Morgan fingerprint density at radius 3 is 2.28 bits per heavy atom. The van der Waals surface area contributed by atoms with Gasteiger partial charge in [-0.1, -0.05) is 26.0 Å². The molecule has 2 fully saturated rings. The molecule has 29 heavy (non-hydrogen) atoms. The number of methoxy groups -OCH3 is 2. The van der Waals surface area contributed by atoms with Crippen molar-refractivity contribution in [1.29, 1.82) is 0 Å². The van der Waals surface area contributed by atoms with E-state index in [0.717, 1.165) is 49.2 Å². The average molecular weight is 423 g/mol. The maximum Gasteiger partial charge on any atom is 0.396 e. The van der Waals surface area contributed by atoms with E-state index in [1.54, 1.807) is 14.2 Å². The first-order valence-electron chi connectivity index (χ1n) is 10.2. The molecule has 1 aliphatic carbocycles. The molecule has 162 valence electrons.